The molecule has 130 valence electrons. The van der Waals surface area contributed by atoms with Crippen LogP contribution < -0.4 is 15.1 Å². The molecule has 0 unspecified atom stereocenters. The Morgan fingerprint density at radius 3 is 2.62 bits per heavy atom. The topological polar surface area (TPSA) is 71.1 Å². The van der Waals surface area contributed by atoms with Gasteiger partial charge in [-0.05, 0) is 37.1 Å². The Bertz CT molecular complexity index is 584. The molecule has 7 heteroatoms. The van der Waals surface area contributed by atoms with Crippen LogP contribution >= 0.6 is 0 Å². The van der Waals surface area contributed by atoms with E-state index in [0.29, 0.717) is 13.1 Å². The molecule has 1 aromatic rings. The van der Waals surface area contributed by atoms with E-state index in [1.54, 1.807) is 4.90 Å². The zero-order valence-corrected chi connectivity index (χ0v) is 13.9. The van der Waals surface area contributed by atoms with Crippen molar-refractivity contribution in [2.24, 2.45) is 0 Å². The van der Waals surface area contributed by atoms with Gasteiger partial charge in [-0.3, -0.25) is 9.69 Å². The molecule has 1 atom stereocenters. The summed E-state index contributed by atoms with van der Waals surface area (Å²) in [7, 11) is 0. The Hall–Kier alpha value is -2.28. The van der Waals surface area contributed by atoms with Gasteiger partial charge in [0.15, 0.2) is 0 Å². The Morgan fingerprint density at radius 2 is 1.96 bits per heavy atom. The summed E-state index contributed by atoms with van der Waals surface area (Å²) in [5.41, 5.74) is 0.760. The van der Waals surface area contributed by atoms with Gasteiger partial charge in [-0.2, -0.15) is 0 Å². The molecule has 0 aliphatic carbocycles. The first-order valence-electron chi connectivity index (χ1n) is 8.37. The monoisotopic (exact) mass is 333 g/mol. The maximum absolute atomic E-state index is 12.0. The van der Waals surface area contributed by atoms with Gasteiger partial charge in [-0.15, -0.1) is 5.06 Å². The Labute approximate surface area is 141 Å². The fraction of sp³-hybridized carbons (Fsp3) is 0.529. The van der Waals surface area contributed by atoms with Crippen LogP contribution in [-0.4, -0.2) is 49.3 Å². The van der Waals surface area contributed by atoms with E-state index in [1.165, 1.54) is 13.3 Å². The number of carbonyl (C=O) groups is 2. The quantitative estimate of drug-likeness (QED) is 0.891. The molecule has 2 amide bonds. The molecular formula is C17H23N3O4. The standard InChI is InChI=1S/C17H23N3O4/c1-13(21)18-11-16-12-20(17(22)23-16)14-5-7-15(8-6-14)24-19-9-3-2-4-10-19/h5-8,16H,2-4,9-12H2,1H3,(H,18,21)/t16-/m0/s1. The number of carbonyl (C=O) groups excluding carboxylic acids is 2. The predicted octanol–water partition coefficient (Wildman–Crippen LogP) is 1.93. The third-order valence-electron chi connectivity index (χ3n) is 4.15. The van der Waals surface area contributed by atoms with Crippen molar-refractivity contribution in [1.29, 1.82) is 0 Å². The number of benzene rings is 1. The lowest BCUT2D eigenvalue weighted by molar-refractivity contribution is -0.119. The van der Waals surface area contributed by atoms with Gasteiger partial charge in [0, 0.05) is 25.7 Å². The Balaban J connectivity index is 1.56. The van der Waals surface area contributed by atoms with Gasteiger partial charge in [0.25, 0.3) is 0 Å². The SMILES string of the molecule is CC(=O)NC[C@H]1CN(c2ccc(ON3CCCCC3)cc2)C(=O)O1. The van der Waals surface area contributed by atoms with Crippen LogP contribution in [0.15, 0.2) is 24.3 Å². The number of hydroxylamine groups is 2. The van der Waals surface area contributed by atoms with Crippen LogP contribution in [0.1, 0.15) is 26.2 Å². The number of nitrogens with zero attached hydrogens (tertiary/aromatic N) is 2. The molecule has 2 saturated heterocycles. The number of cyclic esters (lactones) is 1. The number of hydrogen-bond acceptors (Lipinski definition) is 5. The Morgan fingerprint density at radius 1 is 1.25 bits per heavy atom. The van der Waals surface area contributed by atoms with E-state index in [-0.39, 0.29) is 12.0 Å². The number of piperidine rings is 1. The summed E-state index contributed by atoms with van der Waals surface area (Å²) in [6.45, 7) is 4.09. The molecule has 2 heterocycles. The second kappa shape index (κ2) is 7.53. The van der Waals surface area contributed by atoms with Crippen LogP contribution in [0.4, 0.5) is 10.5 Å². The summed E-state index contributed by atoms with van der Waals surface area (Å²) in [4.78, 5) is 30.3. The summed E-state index contributed by atoms with van der Waals surface area (Å²) >= 11 is 0. The molecule has 0 bridgehead atoms. The second-order valence-corrected chi connectivity index (χ2v) is 6.13. The van der Waals surface area contributed by atoms with Gasteiger partial charge in [0.1, 0.15) is 11.9 Å². The van der Waals surface area contributed by atoms with Gasteiger partial charge in [-0.25, -0.2) is 4.79 Å². The van der Waals surface area contributed by atoms with Crippen LogP contribution in [0.3, 0.4) is 0 Å². The second-order valence-electron chi connectivity index (χ2n) is 6.13. The first kappa shape index (κ1) is 16.6. The highest BCUT2D eigenvalue weighted by molar-refractivity contribution is 5.89. The highest BCUT2D eigenvalue weighted by Gasteiger charge is 2.32. The van der Waals surface area contributed by atoms with E-state index in [2.05, 4.69) is 5.32 Å². The minimum Gasteiger partial charge on any atom is -0.442 e. The van der Waals surface area contributed by atoms with E-state index < -0.39 is 6.09 Å². The molecule has 0 saturated carbocycles. The van der Waals surface area contributed by atoms with E-state index in [1.807, 2.05) is 29.3 Å². The molecule has 2 aliphatic rings. The highest BCUT2D eigenvalue weighted by Crippen LogP contribution is 2.25. The molecule has 0 aromatic heterocycles. The number of amides is 2. The zero-order valence-electron chi connectivity index (χ0n) is 13.9. The van der Waals surface area contributed by atoms with Crippen molar-refractivity contribution >= 4 is 17.7 Å². The summed E-state index contributed by atoms with van der Waals surface area (Å²) < 4.78 is 5.26. The fourth-order valence-electron chi connectivity index (χ4n) is 2.89. The highest BCUT2D eigenvalue weighted by atomic mass is 16.7. The van der Waals surface area contributed by atoms with E-state index in [9.17, 15) is 9.59 Å². The summed E-state index contributed by atoms with van der Waals surface area (Å²) in [5.74, 6) is 0.631. The molecule has 3 rings (SSSR count). The molecule has 0 radical (unpaired) electrons. The van der Waals surface area contributed by atoms with Crippen molar-refractivity contribution in [3.63, 3.8) is 0 Å². The molecule has 24 heavy (non-hydrogen) atoms. The van der Waals surface area contributed by atoms with Gasteiger partial charge in [0.2, 0.25) is 5.91 Å². The minimum atomic E-state index is -0.393. The fourth-order valence-corrected chi connectivity index (χ4v) is 2.89. The molecular weight excluding hydrogens is 310 g/mol. The zero-order chi connectivity index (χ0) is 16.9. The molecule has 7 nitrogen and oxygen atoms in total. The summed E-state index contributed by atoms with van der Waals surface area (Å²) in [6.07, 6.45) is 2.86. The van der Waals surface area contributed by atoms with E-state index in [0.717, 1.165) is 37.4 Å². The van der Waals surface area contributed by atoms with Crippen molar-refractivity contribution in [2.75, 3.05) is 31.1 Å². The smallest absolute Gasteiger partial charge is 0.414 e. The number of anilines is 1. The summed E-state index contributed by atoms with van der Waals surface area (Å²) in [6, 6.07) is 7.42. The van der Waals surface area contributed by atoms with Crippen LogP contribution in [0, 0.1) is 0 Å². The largest absolute Gasteiger partial charge is 0.442 e. The minimum absolute atomic E-state index is 0.135. The molecule has 1 N–H and O–H groups in total. The van der Waals surface area contributed by atoms with Crippen LogP contribution in [0.5, 0.6) is 5.75 Å². The first-order valence-corrected chi connectivity index (χ1v) is 8.37. The molecule has 2 fully saturated rings. The average Bonchev–Trinajstić information content (AvgIpc) is 2.96. The molecule has 0 spiro atoms. The van der Waals surface area contributed by atoms with Crippen molar-refractivity contribution in [1.82, 2.24) is 10.4 Å². The number of hydrogen-bond donors (Lipinski definition) is 1. The third kappa shape index (κ3) is 4.17. The van der Waals surface area contributed by atoms with Gasteiger partial charge >= 0.3 is 6.09 Å². The normalized spacial score (nSPS) is 21.5. The Kier molecular flexibility index (Phi) is 5.20. The van der Waals surface area contributed by atoms with Crippen molar-refractivity contribution in [2.45, 2.75) is 32.3 Å². The predicted molar refractivity (Wildman–Crippen MR) is 88.8 cm³/mol. The lowest BCUT2D eigenvalue weighted by Gasteiger charge is -2.26. The maximum atomic E-state index is 12.0. The van der Waals surface area contributed by atoms with Crippen LogP contribution in [-0.2, 0) is 9.53 Å². The molecule has 2 aliphatic heterocycles. The number of ether oxygens (including phenoxy) is 1. The van der Waals surface area contributed by atoms with Crippen LogP contribution in [0.25, 0.3) is 0 Å². The maximum Gasteiger partial charge on any atom is 0.414 e. The van der Waals surface area contributed by atoms with E-state index in [4.69, 9.17) is 9.57 Å². The number of nitrogens with one attached hydrogen (secondary N) is 1. The first-order chi connectivity index (χ1) is 11.6. The van der Waals surface area contributed by atoms with Gasteiger partial charge in [0.05, 0.1) is 13.1 Å². The summed E-state index contributed by atoms with van der Waals surface area (Å²) in [5, 5.41) is 4.64. The van der Waals surface area contributed by atoms with Gasteiger partial charge in [-0.1, -0.05) is 6.42 Å². The van der Waals surface area contributed by atoms with Crippen LogP contribution in [0.2, 0.25) is 0 Å². The van der Waals surface area contributed by atoms with Crippen molar-refractivity contribution in [3.8, 4) is 5.75 Å². The lowest BCUT2D eigenvalue weighted by atomic mass is 10.2. The van der Waals surface area contributed by atoms with Crippen molar-refractivity contribution in [3.05, 3.63) is 24.3 Å². The molecule has 1 aromatic carbocycles. The number of rotatable bonds is 5. The van der Waals surface area contributed by atoms with Crippen molar-refractivity contribution < 1.29 is 19.2 Å². The van der Waals surface area contributed by atoms with Gasteiger partial charge < -0.3 is 14.9 Å². The lowest BCUT2D eigenvalue weighted by Crippen LogP contribution is -2.33. The average molecular weight is 333 g/mol. The van der Waals surface area contributed by atoms with E-state index >= 15 is 0 Å². The third-order valence-corrected chi connectivity index (χ3v) is 4.15.